The molecular weight excluding hydrogens is 467 g/mol. The van der Waals surface area contributed by atoms with Crippen LogP contribution in [0, 0.1) is 5.92 Å². The summed E-state index contributed by atoms with van der Waals surface area (Å²) in [4.78, 5) is 13.6. The maximum absolute atomic E-state index is 5.59. The molecule has 160 valence electrons. The highest BCUT2D eigenvalue weighted by Gasteiger charge is 2.14. The fraction of sp³-hybridized carbons (Fsp3) is 0.700. The van der Waals surface area contributed by atoms with E-state index in [0.717, 1.165) is 69.7 Å². The molecule has 8 heteroatoms. The van der Waals surface area contributed by atoms with Crippen LogP contribution in [0.3, 0.4) is 0 Å². The van der Waals surface area contributed by atoms with Crippen molar-refractivity contribution in [3.8, 4) is 0 Å². The lowest BCUT2D eigenvalue weighted by molar-refractivity contribution is 0.108. The number of anilines is 1. The average Bonchev–Trinajstić information content (AvgIpc) is 2.67. The second-order valence-electron chi connectivity index (χ2n) is 7.49. The highest BCUT2D eigenvalue weighted by atomic mass is 127. The zero-order valence-electron chi connectivity index (χ0n) is 17.8. The summed E-state index contributed by atoms with van der Waals surface area (Å²) in [7, 11) is 3.96. The Morgan fingerprint density at radius 3 is 2.57 bits per heavy atom. The van der Waals surface area contributed by atoms with Crippen LogP contribution in [0.5, 0.6) is 0 Å². The van der Waals surface area contributed by atoms with Crippen molar-refractivity contribution in [3.63, 3.8) is 0 Å². The Morgan fingerprint density at radius 1 is 1.21 bits per heavy atom. The van der Waals surface area contributed by atoms with E-state index in [1.807, 2.05) is 6.20 Å². The Kier molecular flexibility index (Phi) is 12.4. The zero-order valence-corrected chi connectivity index (χ0v) is 20.1. The second-order valence-corrected chi connectivity index (χ2v) is 7.49. The fourth-order valence-electron chi connectivity index (χ4n) is 2.85. The number of rotatable bonds is 9. The van der Waals surface area contributed by atoms with Gasteiger partial charge in [0.1, 0.15) is 5.82 Å². The molecule has 0 radical (unpaired) electrons. The summed E-state index contributed by atoms with van der Waals surface area (Å²) < 4.78 is 5.59. The van der Waals surface area contributed by atoms with Gasteiger partial charge in [0.25, 0.3) is 0 Å². The van der Waals surface area contributed by atoms with E-state index in [0.29, 0.717) is 12.5 Å². The Morgan fingerprint density at radius 2 is 1.96 bits per heavy atom. The van der Waals surface area contributed by atoms with Crippen LogP contribution in [0.15, 0.2) is 23.3 Å². The van der Waals surface area contributed by atoms with Crippen LogP contribution in [0.1, 0.15) is 25.8 Å². The van der Waals surface area contributed by atoms with E-state index >= 15 is 0 Å². The Labute approximate surface area is 187 Å². The first-order valence-corrected chi connectivity index (χ1v) is 9.99. The molecule has 2 N–H and O–H groups in total. The number of halogens is 1. The minimum absolute atomic E-state index is 0. The lowest BCUT2D eigenvalue weighted by atomic mass is 10.2. The molecule has 2 heterocycles. The van der Waals surface area contributed by atoms with Gasteiger partial charge >= 0.3 is 0 Å². The van der Waals surface area contributed by atoms with Gasteiger partial charge in [0.2, 0.25) is 0 Å². The number of ether oxygens (including phenoxy) is 1. The summed E-state index contributed by atoms with van der Waals surface area (Å²) in [6, 6.07) is 4.26. The van der Waals surface area contributed by atoms with Crippen molar-refractivity contribution >= 4 is 35.8 Å². The number of aromatic nitrogens is 1. The summed E-state index contributed by atoms with van der Waals surface area (Å²) >= 11 is 0. The molecule has 0 aromatic carbocycles. The van der Waals surface area contributed by atoms with Crippen molar-refractivity contribution < 1.29 is 4.74 Å². The average molecular weight is 504 g/mol. The molecule has 7 nitrogen and oxygen atoms in total. The quantitative estimate of drug-likeness (QED) is 0.233. The maximum Gasteiger partial charge on any atom is 0.191 e. The third kappa shape index (κ3) is 9.38. The van der Waals surface area contributed by atoms with E-state index in [1.165, 1.54) is 0 Å². The first-order chi connectivity index (χ1) is 13.1. The van der Waals surface area contributed by atoms with Gasteiger partial charge in [-0.2, -0.15) is 0 Å². The van der Waals surface area contributed by atoms with Crippen LogP contribution in [0.4, 0.5) is 5.82 Å². The van der Waals surface area contributed by atoms with Crippen molar-refractivity contribution in [3.05, 3.63) is 23.9 Å². The van der Waals surface area contributed by atoms with Crippen molar-refractivity contribution in [2.24, 2.45) is 10.9 Å². The topological polar surface area (TPSA) is 65.0 Å². The van der Waals surface area contributed by atoms with E-state index < -0.39 is 0 Å². The number of hydrogen-bond donors (Lipinski definition) is 2. The van der Waals surface area contributed by atoms with Crippen molar-refractivity contribution in [1.29, 1.82) is 0 Å². The molecule has 0 atom stereocenters. The van der Waals surface area contributed by atoms with Crippen LogP contribution >= 0.6 is 24.0 Å². The molecule has 0 bridgehead atoms. The van der Waals surface area contributed by atoms with Gasteiger partial charge in [-0.15, -0.1) is 24.0 Å². The molecule has 0 aliphatic carbocycles. The van der Waals surface area contributed by atoms with E-state index in [2.05, 4.69) is 63.4 Å². The van der Waals surface area contributed by atoms with Crippen molar-refractivity contribution in [1.82, 2.24) is 20.5 Å². The fourth-order valence-corrected chi connectivity index (χ4v) is 2.85. The van der Waals surface area contributed by atoms with E-state index in [4.69, 9.17) is 4.74 Å². The second kappa shape index (κ2) is 13.9. The first kappa shape index (κ1) is 24.9. The Balaban J connectivity index is 0.00000392. The highest BCUT2D eigenvalue weighted by Crippen LogP contribution is 2.13. The number of aliphatic imine (C=N–C) groups is 1. The van der Waals surface area contributed by atoms with E-state index in [9.17, 15) is 0 Å². The van der Waals surface area contributed by atoms with E-state index in [-0.39, 0.29) is 24.0 Å². The smallest absolute Gasteiger partial charge is 0.191 e. The minimum atomic E-state index is 0. The third-order valence-corrected chi connectivity index (χ3v) is 4.53. The number of nitrogens with zero attached hydrogens (tertiary/aromatic N) is 4. The summed E-state index contributed by atoms with van der Waals surface area (Å²) in [6.07, 6.45) is 2.92. The first-order valence-electron chi connectivity index (χ1n) is 9.99. The van der Waals surface area contributed by atoms with Crippen molar-refractivity contribution in [2.45, 2.75) is 26.8 Å². The molecule has 0 amide bonds. The predicted molar refractivity (Wildman–Crippen MR) is 128 cm³/mol. The maximum atomic E-state index is 5.59. The molecule has 1 aromatic heterocycles. The van der Waals surface area contributed by atoms with Gasteiger partial charge in [-0.25, -0.2) is 4.98 Å². The molecule has 1 aliphatic heterocycles. The van der Waals surface area contributed by atoms with Gasteiger partial charge in [-0.05, 0) is 31.0 Å². The van der Waals surface area contributed by atoms with Gasteiger partial charge in [0.15, 0.2) is 5.96 Å². The molecule has 1 saturated heterocycles. The number of nitrogens with one attached hydrogen (secondary N) is 2. The van der Waals surface area contributed by atoms with Crippen LogP contribution in [0.25, 0.3) is 0 Å². The summed E-state index contributed by atoms with van der Waals surface area (Å²) in [6.45, 7) is 11.7. The van der Waals surface area contributed by atoms with Crippen LogP contribution < -0.4 is 15.5 Å². The lowest BCUT2D eigenvalue weighted by Gasteiger charge is -2.33. The van der Waals surface area contributed by atoms with E-state index in [1.54, 1.807) is 7.05 Å². The largest absolute Gasteiger partial charge is 0.381 e. The molecule has 0 saturated carbocycles. The van der Waals surface area contributed by atoms with Crippen molar-refractivity contribution in [2.75, 3.05) is 64.9 Å². The molecule has 0 unspecified atom stereocenters. The number of likely N-dealkylation sites (N-methyl/N-ethyl adjacent to an activating group) is 1. The lowest BCUT2D eigenvalue weighted by Crippen LogP contribution is -2.44. The normalized spacial score (nSPS) is 15.5. The molecule has 28 heavy (non-hydrogen) atoms. The highest BCUT2D eigenvalue weighted by molar-refractivity contribution is 14.0. The van der Waals surface area contributed by atoms with Gasteiger partial charge in [-0.3, -0.25) is 4.99 Å². The summed E-state index contributed by atoms with van der Waals surface area (Å²) in [5.74, 6) is 2.46. The number of pyridine rings is 1. The molecule has 0 spiro atoms. The number of guanidine groups is 1. The van der Waals surface area contributed by atoms with Gasteiger partial charge in [0.05, 0.1) is 0 Å². The molecular formula is C20H37IN6O. The summed E-state index contributed by atoms with van der Waals surface area (Å²) in [5, 5.41) is 6.66. The van der Waals surface area contributed by atoms with Gasteiger partial charge in [0, 0.05) is 65.7 Å². The monoisotopic (exact) mass is 504 g/mol. The third-order valence-electron chi connectivity index (χ3n) is 4.53. The summed E-state index contributed by atoms with van der Waals surface area (Å²) in [5.41, 5.74) is 1.15. The standard InChI is InChI=1S/C20H36N6O.HI/c1-17(2)16-27-13-5-8-22-20(21-3)24-15-18-6-7-19(23-14-18)26-11-9-25(4)10-12-26;/h6-7,14,17H,5,8-13,15-16H2,1-4H3,(H2,21,22,24);1H. The SMILES string of the molecule is CN=C(NCCCOCC(C)C)NCc1ccc(N2CCN(C)CC2)nc1.I. The molecule has 1 fully saturated rings. The zero-order chi connectivity index (χ0) is 19.5. The number of hydrogen-bond acceptors (Lipinski definition) is 5. The minimum Gasteiger partial charge on any atom is -0.381 e. The molecule has 2 rings (SSSR count). The molecule has 1 aromatic rings. The number of piperazine rings is 1. The van der Waals surface area contributed by atoms with Gasteiger partial charge < -0.3 is 25.2 Å². The van der Waals surface area contributed by atoms with Crippen LogP contribution in [-0.2, 0) is 11.3 Å². The van der Waals surface area contributed by atoms with Crippen LogP contribution in [-0.4, -0.2) is 75.9 Å². The predicted octanol–water partition coefficient (Wildman–Crippen LogP) is 2.18. The molecule has 1 aliphatic rings. The van der Waals surface area contributed by atoms with Gasteiger partial charge in [-0.1, -0.05) is 19.9 Å². The van der Waals surface area contributed by atoms with Crippen LogP contribution in [0.2, 0.25) is 0 Å². The Bertz CT molecular complexity index is 558. The Hall–Kier alpha value is -1.13.